The van der Waals surface area contributed by atoms with Crippen LogP contribution in [0.2, 0.25) is 0 Å². The van der Waals surface area contributed by atoms with Gasteiger partial charge in [-0.15, -0.1) is 11.3 Å². The highest BCUT2D eigenvalue weighted by molar-refractivity contribution is 7.17. The van der Waals surface area contributed by atoms with Crippen LogP contribution in [0, 0.1) is 0 Å². The Bertz CT molecular complexity index is 424. The van der Waals surface area contributed by atoms with Gasteiger partial charge in [0.25, 0.3) is 0 Å². The van der Waals surface area contributed by atoms with Gasteiger partial charge in [-0.3, -0.25) is 0 Å². The maximum absolute atomic E-state index is 9.43. The summed E-state index contributed by atoms with van der Waals surface area (Å²) in [4.78, 5) is 4.05. The number of aliphatic hydroxyl groups is 1. The standard InChI is InChI=1S/C9H9NO2S/c11-4-3-6-1-2-7(12)8-9(6)13-5-10-8/h1-2,5,11-12H,3-4H2. The SMILES string of the molecule is OCCc1ccc(O)c2ncsc12. The van der Waals surface area contributed by atoms with Crippen LogP contribution in [-0.2, 0) is 6.42 Å². The van der Waals surface area contributed by atoms with Crippen molar-refractivity contribution in [2.45, 2.75) is 6.42 Å². The minimum atomic E-state index is 0.123. The summed E-state index contributed by atoms with van der Waals surface area (Å²) in [7, 11) is 0. The maximum atomic E-state index is 9.43. The van der Waals surface area contributed by atoms with E-state index >= 15 is 0 Å². The molecule has 0 aliphatic heterocycles. The first-order valence-corrected chi connectivity index (χ1v) is 4.86. The largest absolute Gasteiger partial charge is 0.506 e. The van der Waals surface area contributed by atoms with Gasteiger partial charge in [-0.1, -0.05) is 6.07 Å². The van der Waals surface area contributed by atoms with Crippen LogP contribution in [-0.4, -0.2) is 21.8 Å². The Hall–Kier alpha value is -1.13. The third-order valence-corrected chi connectivity index (χ3v) is 2.83. The van der Waals surface area contributed by atoms with Crippen molar-refractivity contribution in [2.75, 3.05) is 6.61 Å². The number of rotatable bonds is 2. The molecule has 4 heteroatoms. The number of hydrogen-bond acceptors (Lipinski definition) is 4. The molecule has 3 nitrogen and oxygen atoms in total. The molecule has 0 bridgehead atoms. The quantitative estimate of drug-likeness (QED) is 0.764. The van der Waals surface area contributed by atoms with Gasteiger partial charge in [0.05, 0.1) is 10.2 Å². The van der Waals surface area contributed by atoms with Crippen LogP contribution in [0.4, 0.5) is 0 Å². The third-order valence-electron chi connectivity index (χ3n) is 1.93. The second-order valence-corrected chi connectivity index (χ2v) is 3.60. The summed E-state index contributed by atoms with van der Waals surface area (Å²) in [6, 6.07) is 3.44. The summed E-state index contributed by atoms with van der Waals surface area (Å²) in [5.74, 6) is 0.206. The van der Waals surface area contributed by atoms with Crippen LogP contribution >= 0.6 is 11.3 Å². The Morgan fingerprint density at radius 3 is 3.00 bits per heavy atom. The Labute approximate surface area is 79.3 Å². The number of hydrogen-bond donors (Lipinski definition) is 2. The van der Waals surface area contributed by atoms with E-state index in [-0.39, 0.29) is 12.4 Å². The van der Waals surface area contributed by atoms with Gasteiger partial charge in [0, 0.05) is 6.61 Å². The van der Waals surface area contributed by atoms with Crippen LogP contribution in [0.25, 0.3) is 10.2 Å². The van der Waals surface area contributed by atoms with E-state index in [0.717, 1.165) is 10.3 Å². The lowest BCUT2D eigenvalue weighted by Gasteiger charge is -2.00. The minimum Gasteiger partial charge on any atom is -0.506 e. The average molecular weight is 195 g/mol. The zero-order chi connectivity index (χ0) is 9.26. The lowest BCUT2D eigenvalue weighted by atomic mass is 10.1. The molecule has 68 valence electrons. The molecule has 2 rings (SSSR count). The molecule has 0 spiro atoms. The first-order valence-electron chi connectivity index (χ1n) is 3.98. The number of phenolic OH excluding ortho intramolecular Hbond substituents is 1. The first kappa shape index (κ1) is 8.47. The molecule has 13 heavy (non-hydrogen) atoms. The van der Waals surface area contributed by atoms with E-state index in [1.807, 2.05) is 6.07 Å². The van der Waals surface area contributed by atoms with Gasteiger partial charge in [0.1, 0.15) is 11.3 Å². The Morgan fingerprint density at radius 2 is 2.23 bits per heavy atom. The van der Waals surface area contributed by atoms with Crippen LogP contribution < -0.4 is 0 Å². The summed E-state index contributed by atoms with van der Waals surface area (Å²) >= 11 is 1.49. The Kier molecular flexibility index (Phi) is 2.16. The predicted molar refractivity (Wildman–Crippen MR) is 52.1 cm³/mol. The van der Waals surface area contributed by atoms with Crippen molar-refractivity contribution in [3.63, 3.8) is 0 Å². The predicted octanol–water partition coefficient (Wildman–Crippen LogP) is 1.54. The normalized spacial score (nSPS) is 10.8. The van der Waals surface area contributed by atoms with Crippen LogP contribution in [0.5, 0.6) is 5.75 Å². The van der Waals surface area contributed by atoms with Crippen LogP contribution in [0.3, 0.4) is 0 Å². The van der Waals surface area contributed by atoms with Gasteiger partial charge in [0.2, 0.25) is 0 Å². The van der Waals surface area contributed by atoms with Crippen molar-refractivity contribution in [1.82, 2.24) is 4.98 Å². The van der Waals surface area contributed by atoms with E-state index in [2.05, 4.69) is 4.98 Å². The van der Waals surface area contributed by atoms with Crippen LogP contribution in [0.1, 0.15) is 5.56 Å². The van der Waals surface area contributed by atoms with E-state index in [0.29, 0.717) is 11.9 Å². The lowest BCUT2D eigenvalue weighted by Crippen LogP contribution is -1.90. The lowest BCUT2D eigenvalue weighted by molar-refractivity contribution is 0.300. The molecule has 0 atom stereocenters. The Balaban J connectivity index is 2.64. The van der Waals surface area contributed by atoms with Gasteiger partial charge in [-0.05, 0) is 18.1 Å². The maximum Gasteiger partial charge on any atom is 0.142 e. The third kappa shape index (κ3) is 1.38. The second-order valence-electron chi connectivity index (χ2n) is 2.75. The zero-order valence-corrected chi connectivity index (χ0v) is 7.71. The second kappa shape index (κ2) is 3.32. The van der Waals surface area contributed by atoms with E-state index in [1.165, 1.54) is 11.3 Å². The molecular formula is C9H9NO2S. The molecule has 0 unspecified atom stereocenters. The summed E-state index contributed by atoms with van der Waals surface area (Å²) in [5, 5.41) is 18.2. The van der Waals surface area contributed by atoms with Gasteiger partial charge in [-0.25, -0.2) is 4.98 Å². The first-order chi connectivity index (χ1) is 6.33. The molecule has 0 aliphatic carbocycles. The van der Waals surface area contributed by atoms with Crippen molar-refractivity contribution >= 4 is 21.6 Å². The van der Waals surface area contributed by atoms with Crippen molar-refractivity contribution < 1.29 is 10.2 Å². The highest BCUT2D eigenvalue weighted by Gasteiger charge is 2.06. The number of nitrogens with zero attached hydrogens (tertiary/aromatic N) is 1. The summed E-state index contributed by atoms with van der Waals surface area (Å²) in [5.41, 5.74) is 3.37. The average Bonchev–Trinajstić information content (AvgIpc) is 2.59. The Morgan fingerprint density at radius 1 is 1.38 bits per heavy atom. The molecular weight excluding hydrogens is 186 g/mol. The monoisotopic (exact) mass is 195 g/mol. The highest BCUT2D eigenvalue weighted by Crippen LogP contribution is 2.29. The van der Waals surface area contributed by atoms with Crippen LogP contribution in [0.15, 0.2) is 17.6 Å². The molecule has 0 amide bonds. The summed E-state index contributed by atoms with van der Waals surface area (Å²) < 4.78 is 0.967. The van der Waals surface area contributed by atoms with Gasteiger partial charge < -0.3 is 10.2 Å². The fraction of sp³-hybridized carbons (Fsp3) is 0.222. The molecule has 1 aromatic heterocycles. The van der Waals surface area contributed by atoms with Crippen molar-refractivity contribution in [1.29, 1.82) is 0 Å². The number of aromatic hydroxyl groups is 1. The van der Waals surface area contributed by atoms with Gasteiger partial charge in [0.15, 0.2) is 0 Å². The van der Waals surface area contributed by atoms with Crippen molar-refractivity contribution in [3.8, 4) is 5.75 Å². The van der Waals surface area contributed by atoms with E-state index in [9.17, 15) is 5.11 Å². The summed E-state index contributed by atoms with van der Waals surface area (Å²) in [6.45, 7) is 0.123. The fourth-order valence-corrected chi connectivity index (χ4v) is 2.16. The summed E-state index contributed by atoms with van der Waals surface area (Å²) in [6.07, 6.45) is 0.610. The van der Waals surface area contributed by atoms with E-state index < -0.39 is 0 Å². The smallest absolute Gasteiger partial charge is 0.142 e. The molecule has 0 saturated heterocycles. The molecule has 2 aromatic rings. The molecule has 1 aromatic carbocycles. The molecule has 1 heterocycles. The van der Waals surface area contributed by atoms with Crippen molar-refractivity contribution in [3.05, 3.63) is 23.2 Å². The molecule has 0 radical (unpaired) electrons. The number of aromatic nitrogens is 1. The molecule has 0 saturated carbocycles. The van der Waals surface area contributed by atoms with E-state index in [1.54, 1.807) is 11.6 Å². The minimum absolute atomic E-state index is 0.123. The highest BCUT2D eigenvalue weighted by atomic mass is 32.1. The number of aliphatic hydroxyl groups excluding tert-OH is 1. The number of phenols is 1. The molecule has 0 fully saturated rings. The topological polar surface area (TPSA) is 53.4 Å². The zero-order valence-electron chi connectivity index (χ0n) is 6.90. The number of fused-ring (bicyclic) bond motifs is 1. The molecule has 0 aliphatic rings. The van der Waals surface area contributed by atoms with Gasteiger partial charge in [-0.2, -0.15) is 0 Å². The van der Waals surface area contributed by atoms with Gasteiger partial charge >= 0.3 is 0 Å². The fourth-order valence-electron chi connectivity index (χ4n) is 1.31. The van der Waals surface area contributed by atoms with Crippen molar-refractivity contribution in [2.24, 2.45) is 0 Å². The number of thiazole rings is 1. The number of benzene rings is 1. The van der Waals surface area contributed by atoms with E-state index in [4.69, 9.17) is 5.11 Å². The molecule has 2 N–H and O–H groups in total.